The Labute approximate surface area is 185 Å². The fourth-order valence-electron chi connectivity index (χ4n) is 4.23. The van der Waals surface area contributed by atoms with Crippen LogP contribution >= 0.6 is 0 Å². The fraction of sp³-hybridized carbons (Fsp3) is 0.111. The molecule has 0 bridgehead atoms. The molecule has 32 heavy (non-hydrogen) atoms. The molecule has 158 valence electrons. The van der Waals surface area contributed by atoms with Crippen LogP contribution in [-0.4, -0.2) is 21.2 Å². The van der Waals surface area contributed by atoms with Gasteiger partial charge in [0.2, 0.25) is 0 Å². The van der Waals surface area contributed by atoms with Crippen LogP contribution in [0.25, 0.3) is 39.6 Å². The zero-order chi connectivity index (χ0) is 22.2. The van der Waals surface area contributed by atoms with Crippen molar-refractivity contribution in [3.8, 4) is 11.4 Å². The maximum Gasteiger partial charge on any atom is 0.266 e. The second kappa shape index (κ2) is 7.85. The predicted molar refractivity (Wildman–Crippen MR) is 130 cm³/mol. The summed E-state index contributed by atoms with van der Waals surface area (Å²) in [6.45, 7) is 2.10. The van der Waals surface area contributed by atoms with E-state index in [1.54, 1.807) is 17.7 Å². The van der Waals surface area contributed by atoms with Gasteiger partial charge in [-0.05, 0) is 49.4 Å². The summed E-state index contributed by atoms with van der Waals surface area (Å²) in [5.41, 5.74) is 4.62. The van der Waals surface area contributed by atoms with Gasteiger partial charge in [-0.3, -0.25) is 9.36 Å². The van der Waals surface area contributed by atoms with Crippen LogP contribution in [0.5, 0.6) is 5.75 Å². The number of aryl methyl sites for hydroxylation is 1. The SMILES string of the molecule is COc1ccccc1-n1c(/C=C/c2c(C)n(C)c3ccccc23)nc2ccccc2c1=O. The van der Waals surface area contributed by atoms with Gasteiger partial charge in [-0.25, -0.2) is 4.98 Å². The molecular weight excluding hydrogens is 398 g/mol. The first-order valence-corrected chi connectivity index (χ1v) is 10.5. The standard InChI is InChI=1S/C27H23N3O2/c1-18-19(20-10-5-7-13-23(20)29(18)2)16-17-26-28-22-12-6-4-11-21(22)27(31)30(26)24-14-8-9-15-25(24)32-3/h4-17H,1-3H3/b17-16+. The highest BCUT2D eigenvalue weighted by molar-refractivity contribution is 5.93. The fourth-order valence-corrected chi connectivity index (χ4v) is 4.23. The predicted octanol–water partition coefficient (Wildman–Crippen LogP) is 5.36. The van der Waals surface area contributed by atoms with E-state index in [-0.39, 0.29) is 5.56 Å². The first kappa shape index (κ1) is 19.8. The van der Waals surface area contributed by atoms with Gasteiger partial charge >= 0.3 is 0 Å². The average Bonchev–Trinajstić information content (AvgIpc) is 3.07. The van der Waals surface area contributed by atoms with Crippen molar-refractivity contribution in [3.63, 3.8) is 0 Å². The third kappa shape index (κ3) is 3.10. The van der Waals surface area contributed by atoms with E-state index in [4.69, 9.17) is 9.72 Å². The molecule has 0 N–H and O–H groups in total. The van der Waals surface area contributed by atoms with E-state index in [0.29, 0.717) is 28.2 Å². The van der Waals surface area contributed by atoms with E-state index in [1.165, 1.54) is 5.52 Å². The minimum absolute atomic E-state index is 0.130. The van der Waals surface area contributed by atoms with Crippen LogP contribution in [0.4, 0.5) is 0 Å². The summed E-state index contributed by atoms with van der Waals surface area (Å²) in [7, 11) is 3.67. The third-order valence-corrected chi connectivity index (χ3v) is 5.98. The number of aromatic nitrogens is 3. The Bertz CT molecular complexity index is 1560. The van der Waals surface area contributed by atoms with Gasteiger partial charge in [-0.15, -0.1) is 0 Å². The molecule has 0 aliphatic rings. The summed E-state index contributed by atoms with van der Waals surface area (Å²) >= 11 is 0. The van der Waals surface area contributed by atoms with Crippen LogP contribution in [0.1, 0.15) is 17.1 Å². The summed E-state index contributed by atoms with van der Waals surface area (Å²) in [6.07, 6.45) is 3.95. The number of ether oxygens (including phenoxy) is 1. The summed E-state index contributed by atoms with van der Waals surface area (Å²) < 4.78 is 9.35. The second-order valence-corrected chi connectivity index (χ2v) is 7.71. The Kier molecular flexibility index (Phi) is 4.86. The van der Waals surface area contributed by atoms with Crippen molar-refractivity contribution in [2.45, 2.75) is 6.92 Å². The molecule has 5 nitrogen and oxygen atoms in total. The first-order valence-electron chi connectivity index (χ1n) is 10.5. The number of hydrogen-bond donors (Lipinski definition) is 0. The molecule has 0 unspecified atom stereocenters. The Morgan fingerprint density at radius 1 is 0.875 bits per heavy atom. The van der Waals surface area contributed by atoms with Gasteiger partial charge in [-0.1, -0.05) is 42.5 Å². The molecule has 5 heteroatoms. The molecule has 0 atom stereocenters. The Hall–Kier alpha value is -4.12. The Balaban J connectivity index is 1.78. The molecule has 0 saturated heterocycles. The van der Waals surface area contributed by atoms with Crippen molar-refractivity contribution in [1.29, 1.82) is 0 Å². The lowest BCUT2D eigenvalue weighted by Gasteiger charge is -2.14. The number of methoxy groups -OCH3 is 1. The third-order valence-electron chi connectivity index (χ3n) is 5.98. The lowest BCUT2D eigenvalue weighted by molar-refractivity contribution is 0.412. The highest BCUT2D eigenvalue weighted by Crippen LogP contribution is 2.28. The van der Waals surface area contributed by atoms with Crippen LogP contribution in [0.3, 0.4) is 0 Å². The van der Waals surface area contributed by atoms with Gasteiger partial charge in [0.1, 0.15) is 11.6 Å². The van der Waals surface area contributed by atoms with Gasteiger partial charge in [0.15, 0.2) is 0 Å². The minimum atomic E-state index is -0.130. The molecule has 0 saturated carbocycles. The molecule has 0 amide bonds. The highest BCUT2D eigenvalue weighted by atomic mass is 16.5. The Morgan fingerprint density at radius 2 is 1.56 bits per heavy atom. The summed E-state index contributed by atoms with van der Waals surface area (Å²) in [4.78, 5) is 18.4. The lowest BCUT2D eigenvalue weighted by atomic mass is 10.1. The van der Waals surface area contributed by atoms with Gasteiger partial charge in [0, 0.05) is 29.2 Å². The molecule has 0 aliphatic carbocycles. The number of benzene rings is 3. The van der Waals surface area contributed by atoms with Crippen molar-refractivity contribution in [1.82, 2.24) is 14.1 Å². The smallest absolute Gasteiger partial charge is 0.266 e. The maximum absolute atomic E-state index is 13.5. The molecule has 5 aromatic rings. The van der Waals surface area contributed by atoms with Gasteiger partial charge in [-0.2, -0.15) is 0 Å². The summed E-state index contributed by atoms with van der Waals surface area (Å²) in [6, 6.07) is 23.2. The molecule has 0 aliphatic heterocycles. The van der Waals surface area contributed by atoms with Crippen LogP contribution in [0.2, 0.25) is 0 Å². The zero-order valence-electron chi connectivity index (χ0n) is 18.2. The quantitative estimate of drug-likeness (QED) is 0.392. The van der Waals surface area contributed by atoms with Crippen LogP contribution < -0.4 is 10.3 Å². The number of para-hydroxylation sites is 4. The van der Waals surface area contributed by atoms with Crippen molar-refractivity contribution in [2.75, 3.05) is 7.11 Å². The van der Waals surface area contributed by atoms with E-state index < -0.39 is 0 Å². The molecular formula is C27H23N3O2. The summed E-state index contributed by atoms with van der Waals surface area (Å²) in [5.74, 6) is 1.16. The zero-order valence-corrected chi connectivity index (χ0v) is 18.2. The normalized spacial score (nSPS) is 11.6. The van der Waals surface area contributed by atoms with Crippen LogP contribution in [0, 0.1) is 6.92 Å². The second-order valence-electron chi connectivity index (χ2n) is 7.71. The first-order chi connectivity index (χ1) is 15.6. The molecule has 2 aromatic heterocycles. The van der Waals surface area contributed by atoms with Crippen molar-refractivity contribution >= 4 is 34.0 Å². The topological polar surface area (TPSA) is 49.0 Å². The molecule has 5 rings (SSSR count). The monoisotopic (exact) mass is 421 g/mol. The number of nitrogens with zero attached hydrogens (tertiary/aromatic N) is 3. The van der Waals surface area contributed by atoms with Crippen molar-refractivity contribution < 1.29 is 4.74 Å². The molecule has 0 radical (unpaired) electrons. The number of rotatable bonds is 4. The van der Waals surface area contributed by atoms with E-state index in [9.17, 15) is 4.79 Å². The largest absolute Gasteiger partial charge is 0.495 e. The molecule has 0 spiro atoms. The van der Waals surface area contributed by atoms with Crippen LogP contribution in [-0.2, 0) is 7.05 Å². The van der Waals surface area contributed by atoms with E-state index in [0.717, 1.165) is 16.6 Å². The Morgan fingerprint density at radius 3 is 2.38 bits per heavy atom. The molecule has 3 aromatic carbocycles. The lowest BCUT2D eigenvalue weighted by Crippen LogP contribution is -2.22. The number of hydrogen-bond acceptors (Lipinski definition) is 3. The highest BCUT2D eigenvalue weighted by Gasteiger charge is 2.15. The van der Waals surface area contributed by atoms with Gasteiger partial charge in [0.05, 0.1) is 23.7 Å². The minimum Gasteiger partial charge on any atom is -0.495 e. The van der Waals surface area contributed by atoms with E-state index >= 15 is 0 Å². The van der Waals surface area contributed by atoms with Gasteiger partial charge in [0.25, 0.3) is 5.56 Å². The summed E-state index contributed by atoms with van der Waals surface area (Å²) in [5, 5.41) is 1.73. The van der Waals surface area contributed by atoms with Crippen molar-refractivity contribution in [2.24, 2.45) is 7.05 Å². The number of fused-ring (bicyclic) bond motifs is 2. The maximum atomic E-state index is 13.5. The molecule has 2 heterocycles. The van der Waals surface area contributed by atoms with Crippen LogP contribution in [0.15, 0.2) is 77.6 Å². The molecule has 0 fully saturated rings. The van der Waals surface area contributed by atoms with E-state index in [2.05, 4.69) is 30.7 Å². The average molecular weight is 422 g/mol. The van der Waals surface area contributed by atoms with E-state index in [1.807, 2.05) is 66.7 Å². The van der Waals surface area contributed by atoms with Crippen molar-refractivity contribution in [3.05, 3.63) is 100 Å². The van der Waals surface area contributed by atoms with Gasteiger partial charge < -0.3 is 9.30 Å².